The minimum absolute atomic E-state index is 0.0465. The summed E-state index contributed by atoms with van der Waals surface area (Å²) in [6.45, 7) is 17.4. The molecule has 0 spiro atoms. The summed E-state index contributed by atoms with van der Waals surface area (Å²) < 4.78 is 0. The summed E-state index contributed by atoms with van der Waals surface area (Å²) in [4.78, 5) is 4.93. The summed E-state index contributed by atoms with van der Waals surface area (Å²) in [6, 6.07) is 8.45. The van der Waals surface area contributed by atoms with Crippen LogP contribution in [0.2, 0.25) is 0 Å². The summed E-state index contributed by atoms with van der Waals surface area (Å²) in [7, 11) is 0. The van der Waals surface area contributed by atoms with E-state index >= 15 is 0 Å². The first-order valence-electron chi connectivity index (χ1n) is 13.8. The van der Waals surface area contributed by atoms with Gasteiger partial charge < -0.3 is 15.8 Å². The molecule has 1 aromatic heterocycles. The number of aromatic nitrogens is 2. The van der Waals surface area contributed by atoms with Gasteiger partial charge in [-0.2, -0.15) is 5.10 Å². The van der Waals surface area contributed by atoms with Crippen molar-refractivity contribution >= 4 is 11.4 Å². The van der Waals surface area contributed by atoms with Crippen molar-refractivity contribution in [2.24, 2.45) is 16.8 Å². The molecule has 4 N–H and O–H groups in total. The highest BCUT2D eigenvalue weighted by atomic mass is 16.3. The van der Waals surface area contributed by atoms with Gasteiger partial charge in [-0.15, -0.1) is 6.58 Å². The summed E-state index contributed by atoms with van der Waals surface area (Å²) >= 11 is 0. The van der Waals surface area contributed by atoms with Gasteiger partial charge >= 0.3 is 0 Å². The number of hydrogen-bond acceptors (Lipinski definition) is 5. The zero-order valence-corrected chi connectivity index (χ0v) is 24.3. The summed E-state index contributed by atoms with van der Waals surface area (Å²) in [5, 5.41) is 28.3. The lowest BCUT2D eigenvalue weighted by Gasteiger charge is -2.19. The molecule has 0 radical (unpaired) electrons. The van der Waals surface area contributed by atoms with Crippen LogP contribution < -0.4 is 5.32 Å². The molecule has 1 aromatic carbocycles. The third-order valence-electron chi connectivity index (χ3n) is 6.25. The van der Waals surface area contributed by atoms with Crippen LogP contribution in [0.3, 0.4) is 0 Å². The van der Waals surface area contributed by atoms with Gasteiger partial charge in [0.25, 0.3) is 0 Å². The highest BCUT2D eigenvalue weighted by molar-refractivity contribution is 6.14. The van der Waals surface area contributed by atoms with Gasteiger partial charge in [0.1, 0.15) is 5.76 Å². The van der Waals surface area contributed by atoms with Crippen molar-refractivity contribution in [2.75, 3.05) is 13.1 Å². The molecule has 2 unspecified atom stereocenters. The zero-order valence-electron chi connectivity index (χ0n) is 24.3. The van der Waals surface area contributed by atoms with Crippen LogP contribution in [0.5, 0.6) is 0 Å². The number of rotatable bonds is 18. The molecule has 6 heteroatoms. The number of aliphatic hydroxyl groups excluding tert-OH is 1. The molecule has 0 amide bonds. The smallest absolute Gasteiger partial charge is 0.114 e. The number of nitrogens with zero attached hydrogens (tertiary/aromatic N) is 2. The first-order chi connectivity index (χ1) is 19.9. The Labute approximate surface area is 245 Å². The molecule has 0 aliphatic rings. The maximum Gasteiger partial charge on any atom is 0.114 e. The number of allylic oxidation sites excluding steroid dienone is 10. The van der Waals surface area contributed by atoms with Gasteiger partial charge in [0.15, 0.2) is 0 Å². The van der Waals surface area contributed by atoms with Crippen LogP contribution in [0.15, 0.2) is 140 Å². The predicted molar refractivity (Wildman–Crippen MR) is 175 cm³/mol. The van der Waals surface area contributed by atoms with Crippen molar-refractivity contribution in [3.63, 3.8) is 0 Å². The number of aliphatic hydroxyl groups is 1. The van der Waals surface area contributed by atoms with E-state index in [1.165, 1.54) is 11.6 Å². The largest absolute Gasteiger partial charge is 0.508 e. The van der Waals surface area contributed by atoms with E-state index in [1.54, 1.807) is 30.6 Å². The first-order valence-corrected chi connectivity index (χ1v) is 13.8. The number of nitrogens with one attached hydrogen (secondary N) is 3. The Morgan fingerprint density at radius 1 is 1.07 bits per heavy atom. The Morgan fingerprint density at radius 3 is 2.51 bits per heavy atom. The Hall–Kier alpha value is -4.55. The fourth-order valence-corrected chi connectivity index (χ4v) is 3.97. The molecule has 0 saturated heterocycles. The SMILES string of the molecule is C=C/C=C\C=C/C(C)/C(=C/C(C)C(=N)c1cn[nH]c1)C(=NCC=C)c1ccc(CNCC/C=C/C=C(/O)C=C)cc1. The minimum atomic E-state index is -0.148. The maximum atomic E-state index is 9.38. The molecular formula is C35H43N5O. The predicted octanol–water partition coefficient (Wildman–Crippen LogP) is 7.61. The molecule has 0 aliphatic carbocycles. The monoisotopic (exact) mass is 549 g/mol. The van der Waals surface area contributed by atoms with Gasteiger partial charge in [0.05, 0.1) is 18.5 Å². The number of benzene rings is 1. The molecule has 1 heterocycles. The topological polar surface area (TPSA) is 97.2 Å². The quantitative estimate of drug-likeness (QED) is 0.0506. The van der Waals surface area contributed by atoms with Gasteiger partial charge in [-0.25, -0.2) is 0 Å². The molecule has 2 atom stereocenters. The molecule has 0 fully saturated rings. The lowest BCUT2D eigenvalue weighted by molar-refractivity contribution is 0.433. The third kappa shape index (κ3) is 11.6. The van der Waals surface area contributed by atoms with Crippen molar-refractivity contribution < 1.29 is 5.11 Å². The fourth-order valence-electron chi connectivity index (χ4n) is 3.97. The average molecular weight is 550 g/mol. The molecule has 41 heavy (non-hydrogen) atoms. The standard InChI is InChI=1S/C35H43N5O/c1-6-9-10-12-15-27(4)33(23-28(5)34(36)31-25-39-40-26-31)35(38-21-7-2)30-19-17-29(18-20-30)24-37-22-14-11-13-16-32(41)8-3/h6-13,15-20,23,25-28,36-37,41H,1-3,14,21-22,24H2,4-5H3,(H,39,40)/b10-9-,13-11+,15-12-,32-16+,33-23-,36-34?,38-35?. The summed E-state index contributed by atoms with van der Waals surface area (Å²) in [6.07, 6.45) is 24.8. The van der Waals surface area contributed by atoms with Crippen LogP contribution in [0.25, 0.3) is 0 Å². The van der Waals surface area contributed by atoms with Gasteiger partial charge in [0, 0.05) is 35.9 Å². The second-order valence-electron chi connectivity index (χ2n) is 9.47. The zero-order chi connectivity index (χ0) is 29.9. The van der Waals surface area contributed by atoms with E-state index in [1.807, 2.05) is 37.3 Å². The number of aliphatic imine (C=N–C) groups is 1. The van der Waals surface area contributed by atoms with E-state index in [4.69, 9.17) is 10.4 Å². The van der Waals surface area contributed by atoms with E-state index in [-0.39, 0.29) is 17.6 Å². The summed E-state index contributed by atoms with van der Waals surface area (Å²) in [5.41, 5.74) is 5.39. The average Bonchev–Trinajstić information content (AvgIpc) is 3.53. The molecule has 0 aliphatic heterocycles. The van der Waals surface area contributed by atoms with Crippen LogP contribution in [-0.2, 0) is 6.54 Å². The molecule has 0 saturated carbocycles. The number of aromatic amines is 1. The maximum absolute atomic E-state index is 9.38. The van der Waals surface area contributed by atoms with Crippen LogP contribution in [0, 0.1) is 17.2 Å². The van der Waals surface area contributed by atoms with Crippen LogP contribution in [-0.4, -0.2) is 39.8 Å². The molecule has 2 rings (SSSR count). The highest BCUT2D eigenvalue weighted by Gasteiger charge is 2.19. The van der Waals surface area contributed by atoms with Crippen molar-refractivity contribution in [1.29, 1.82) is 5.41 Å². The first kappa shape index (κ1) is 32.7. The lowest BCUT2D eigenvalue weighted by Crippen LogP contribution is -2.17. The van der Waals surface area contributed by atoms with E-state index in [9.17, 15) is 5.11 Å². The van der Waals surface area contributed by atoms with Crippen molar-refractivity contribution in [3.05, 3.63) is 151 Å². The Bertz CT molecular complexity index is 1300. The van der Waals surface area contributed by atoms with Gasteiger partial charge in [-0.1, -0.05) is 106 Å². The Kier molecular flexibility index (Phi) is 14.9. The normalized spacial score (nSPS) is 14.5. The summed E-state index contributed by atoms with van der Waals surface area (Å²) in [5.74, 6) is 0.0547. The van der Waals surface area contributed by atoms with E-state index in [0.717, 1.165) is 41.9 Å². The minimum Gasteiger partial charge on any atom is -0.508 e. The fraction of sp³-hybridized carbons (Fsp3) is 0.229. The van der Waals surface area contributed by atoms with Gasteiger partial charge in [0.2, 0.25) is 0 Å². The Balaban J connectivity index is 2.28. The van der Waals surface area contributed by atoms with Crippen molar-refractivity contribution in [3.8, 4) is 0 Å². The van der Waals surface area contributed by atoms with Crippen molar-refractivity contribution in [2.45, 2.75) is 26.8 Å². The highest BCUT2D eigenvalue weighted by Crippen LogP contribution is 2.24. The second-order valence-corrected chi connectivity index (χ2v) is 9.47. The van der Waals surface area contributed by atoms with Crippen LogP contribution >= 0.6 is 0 Å². The second kappa shape index (κ2) is 18.7. The Morgan fingerprint density at radius 2 is 1.85 bits per heavy atom. The molecule has 6 nitrogen and oxygen atoms in total. The van der Waals surface area contributed by atoms with Gasteiger partial charge in [-0.05, 0) is 41.8 Å². The number of H-pyrrole nitrogens is 1. The third-order valence-corrected chi connectivity index (χ3v) is 6.25. The molecular weight excluding hydrogens is 506 g/mol. The van der Waals surface area contributed by atoms with E-state index in [0.29, 0.717) is 12.3 Å². The molecule has 214 valence electrons. The van der Waals surface area contributed by atoms with E-state index < -0.39 is 0 Å². The van der Waals surface area contributed by atoms with Crippen LogP contribution in [0.4, 0.5) is 0 Å². The van der Waals surface area contributed by atoms with E-state index in [2.05, 4.69) is 78.6 Å². The molecule has 0 bridgehead atoms. The van der Waals surface area contributed by atoms with Crippen molar-refractivity contribution in [1.82, 2.24) is 15.5 Å². The van der Waals surface area contributed by atoms with Gasteiger partial charge in [-0.3, -0.25) is 10.1 Å². The lowest BCUT2D eigenvalue weighted by atomic mass is 9.87. The number of hydrogen-bond donors (Lipinski definition) is 4. The van der Waals surface area contributed by atoms with Crippen LogP contribution in [0.1, 0.15) is 37.0 Å². The molecule has 2 aromatic rings.